The number of hydrogen-bond donors (Lipinski definition) is 0. The van der Waals surface area contributed by atoms with Crippen LogP contribution in [0.15, 0.2) is 73.3 Å². The first-order chi connectivity index (χ1) is 17.1. The third-order valence-electron chi connectivity index (χ3n) is 6.31. The van der Waals surface area contributed by atoms with E-state index in [0.29, 0.717) is 30.4 Å². The second-order valence-corrected chi connectivity index (χ2v) is 9.02. The summed E-state index contributed by atoms with van der Waals surface area (Å²) in [5.41, 5.74) is 3.66. The van der Waals surface area contributed by atoms with Crippen LogP contribution < -0.4 is 4.74 Å². The first-order valence-electron chi connectivity index (χ1n) is 12.0. The molecule has 3 heterocycles. The van der Waals surface area contributed by atoms with Gasteiger partial charge in [-0.05, 0) is 56.9 Å². The van der Waals surface area contributed by atoms with E-state index in [1.54, 1.807) is 12.5 Å². The highest BCUT2D eigenvalue weighted by molar-refractivity contribution is 5.96. The molecule has 1 fully saturated rings. The average molecular weight is 468 g/mol. The van der Waals surface area contributed by atoms with Crippen LogP contribution in [0.1, 0.15) is 58.3 Å². The second-order valence-electron chi connectivity index (χ2n) is 9.02. The number of aryl methyl sites for hydroxylation is 2. The summed E-state index contributed by atoms with van der Waals surface area (Å²) < 4.78 is 8.01. The van der Waals surface area contributed by atoms with Crippen molar-refractivity contribution in [2.75, 3.05) is 6.54 Å². The van der Waals surface area contributed by atoms with Gasteiger partial charge < -0.3 is 14.2 Å². The molecule has 1 aliphatic rings. The highest BCUT2D eigenvalue weighted by Crippen LogP contribution is 2.32. The number of likely N-dealkylation sites (tertiary alicyclic amines) is 1. The minimum absolute atomic E-state index is 0.0107. The molecule has 0 saturated carbocycles. The second kappa shape index (κ2) is 10.1. The molecule has 0 aliphatic carbocycles. The number of hydrogen-bond acceptors (Lipinski definition) is 5. The number of ether oxygens (including phenoxy) is 1. The Hall–Kier alpha value is -4.00. The fraction of sp³-hybridized carbons (Fsp3) is 0.286. The van der Waals surface area contributed by atoms with E-state index < -0.39 is 0 Å². The standard InChI is InChI=1S/C28H29N5O2/c1-20-10-12-23(13-11-20)35-26-17-21(2)30-27(31-26)25-9-5-6-15-33(25)28(34)24-8-4-3-7-22(24)18-32-16-14-29-19-32/h3-4,7-8,10-14,16-17,19,25H,5-6,9,15,18H2,1-2H3/t25-/m0/s1. The molecular formula is C28H29N5O2. The molecule has 4 aromatic rings. The zero-order valence-electron chi connectivity index (χ0n) is 20.1. The minimum atomic E-state index is -0.196. The smallest absolute Gasteiger partial charge is 0.254 e. The normalized spacial score (nSPS) is 15.7. The van der Waals surface area contributed by atoms with Gasteiger partial charge in [-0.3, -0.25) is 4.79 Å². The Bertz CT molecular complexity index is 1300. The van der Waals surface area contributed by atoms with Crippen LogP contribution in [0.4, 0.5) is 0 Å². The first-order valence-corrected chi connectivity index (χ1v) is 12.0. The van der Waals surface area contributed by atoms with Gasteiger partial charge in [0.05, 0.1) is 12.4 Å². The summed E-state index contributed by atoms with van der Waals surface area (Å²) in [6.07, 6.45) is 8.22. The predicted octanol–water partition coefficient (Wildman–Crippen LogP) is 5.50. The first kappa shape index (κ1) is 22.8. The molecule has 0 unspecified atom stereocenters. The molecule has 1 saturated heterocycles. The van der Waals surface area contributed by atoms with Gasteiger partial charge in [-0.2, -0.15) is 4.98 Å². The molecule has 178 valence electrons. The Morgan fingerprint density at radius 1 is 1.06 bits per heavy atom. The predicted molar refractivity (Wildman–Crippen MR) is 133 cm³/mol. The number of benzene rings is 2. The average Bonchev–Trinajstić information content (AvgIpc) is 3.38. The van der Waals surface area contributed by atoms with Gasteiger partial charge in [0.25, 0.3) is 5.91 Å². The summed E-state index contributed by atoms with van der Waals surface area (Å²) in [7, 11) is 0. The van der Waals surface area contributed by atoms with Gasteiger partial charge in [0.15, 0.2) is 5.82 Å². The quantitative estimate of drug-likeness (QED) is 0.374. The molecule has 7 nitrogen and oxygen atoms in total. The van der Waals surface area contributed by atoms with Crippen LogP contribution in [0.3, 0.4) is 0 Å². The monoisotopic (exact) mass is 467 g/mol. The van der Waals surface area contributed by atoms with Crippen LogP contribution in [-0.4, -0.2) is 36.9 Å². The number of amides is 1. The van der Waals surface area contributed by atoms with E-state index in [0.717, 1.165) is 36.3 Å². The lowest BCUT2D eigenvalue weighted by atomic mass is 9.98. The Kier molecular flexibility index (Phi) is 6.57. The topological polar surface area (TPSA) is 73.1 Å². The fourth-order valence-corrected chi connectivity index (χ4v) is 4.53. The van der Waals surface area contributed by atoms with Crippen molar-refractivity contribution in [3.05, 3.63) is 102 Å². The number of aromatic nitrogens is 4. The maximum atomic E-state index is 13.8. The van der Waals surface area contributed by atoms with Gasteiger partial charge in [-0.1, -0.05) is 35.9 Å². The molecule has 2 aromatic carbocycles. The molecule has 0 N–H and O–H groups in total. The number of piperidine rings is 1. The van der Waals surface area contributed by atoms with Crippen molar-refractivity contribution in [1.82, 2.24) is 24.4 Å². The molecule has 5 rings (SSSR count). The SMILES string of the molecule is Cc1ccc(Oc2cc(C)nc([C@@H]3CCCCN3C(=O)c3ccccc3Cn3ccnc3)n2)cc1. The van der Waals surface area contributed by atoms with Gasteiger partial charge in [-0.15, -0.1) is 0 Å². The minimum Gasteiger partial charge on any atom is -0.439 e. The van der Waals surface area contributed by atoms with E-state index >= 15 is 0 Å². The third kappa shape index (κ3) is 5.24. The van der Waals surface area contributed by atoms with Gasteiger partial charge in [-0.25, -0.2) is 9.97 Å². The van der Waals surface area contributed by atoms with E-state index in [-0.39, 0.29) is 11.9 Å². The van der Waals surface area contributed by atoms with Gasteiger partial charge >= 0.3 is 0 Å². The summed E-state index contributed by atoms with van der Waals surface area (Å²) >= 11 is 0. The maximum Gasteiger partial charge on any atom is 0.254 e. The Balaban J connectivity index is 1.43. The lowest BCUT2D eigenvalue weighted by Crippen LogP contribution is -2.39. The Labute approximate surface area is 205 Å². The Morgan fingerprint density at radius 3 is 2.69 bits per heavy atom. The van der Waals surface area contributed by atoms with Crippen molar-refractivity contribution < 1.29 is 9.53 Å². The van der Waals surface area contributed by atoms with Crippen LogP contribution >= 0.6 is 0 Å². The van der Waals surface area contributed by atoms with E-state index in [9.17, 15) is 4.79 Å². The summed E-state index contributed by atoms with van der Waals surface area (Å²) in [6.45, 7) is 5.24. The van der Waals surface area contributed by atoms with Crippen molar-refractivity contribution in [2.24, 2.45) is 0 Å². The zero-order valence-corrected chi connectivity index (χ0v) is 20.1. The van der Waals surface area contributed by atoms with Crippen LogP contribution in [0.5, 0.6) is 11.6 Å². The van der Waals surface area contributed by atoms with E-state index in [1.807, 2.05) is 84.1 Å². The molecule has 0 bridgehead atoms. The number of carbonyl (C=O) groups is 1. The molecule has 1 atom stereocenters. The largest absolute Gasteiger partial charge is 0.439 e. The summed E-state index contributed by atoms with van der Waals surface area (Å²) in [6, 6.07) is 17.3. The molecule has 35 heavy (non-hydrogen) atoms. The van der Waals surface area contributed by atoms with Crippen LogP contribution in [0.2, 0.25) is 0 Å². The van der Waals surface area contributed by atoms with E-state index in [4.69, 9.17) is 14.7 Å². The number of imidazole rings is 1. The van der Waals surface area contributed by atoms with Crippen LogP contribution in [-0.2, 0) is 6.54 Å². The van der Waals surface area contributed by atoms with E-state index in [2.05, 4.69) is 4.98 Å². The van der Waals surface area contributed by atoms with Crippen LogP contribution in [0.25, 0.3) is 0 Å². The zero-order chi connectivity index (χ0) is 24.2. The number of rotatable bonds is 6. The van der Waals surface area contributed by atoms with Crippen molar-refractivity contribution in [3.63, 3.8) is 0 Å². The van der Waals surface area contributed by atoms with Crippen molar-refractivity contribution in [2.45, 2.75) is 45.7 Å². The molecule has 0 radical (unpaired) electrons. The maximum absolute atomic E-state index is 13.8. The molecule has 7 heteroatoms. The van der Waals surface area contributed by atoms with Gasteiger partial charge in [0.1, 0.15) is 5.75 Å². The lowest BCUT2D eigenvalue weighted by Gasteiger charge is -2.35. The Morgan fingerprint density at radius 2 is 1.89 bits per heavy atom. The molecule has 2 aromatic heterocycles. The summed E-state index contributed by atoms with van der Waals surface area (Å²) in [5.74, 6) is 1.86. The number of nitrogens with zero attached hydrogens (tertiary/aromatic N) is 5. The molecule has 0 spiro atoms. The molecule has 1 amide bonds. The third-order valence-corrected chi connectivity index (χ3v) is 6.31. The highest BCUT2D eigenvalue weighted by atomic mass is 16.5. The summed E-state index contributed by atoms with van der Waals surface area (Å²) in [5, 5.41) is 0. The van der Waals surface area contributed by atoms with E-state index in [1.165, 1.54) is 5.56 Å². The fourth-order valence-electron chi connectivity index (χ4n) is 4.53. The van der Waals surface area contributed by atoms with Gasteiger partial charge in [0.2, 0.25) is 5.88 Å². The van der Waals surface area contributed by atoms with Crippen molar-refractivity contribution in [1.29, 1.82) is 0 Å². The molecular weight excluding hydrogens is 438 g/mol. The van der Waals surface area contributed by atoms with Gasteiger partial charge in [0, 0.05) is 42.8 Å². The van der Waals surface area contributed by atoms with Crippen LogP contribution in [0, 0.1) is 13.8 Å². The lowest BCUT2D eigenvalue weighted by molar-refractivity contribution is 0.0597. The summed E-state index contributed by atoms with van der Waals surface area (Å²) in [4.78, 5) is 29.4. The van der Waals surface area contributed by atoms with Crippen molar-refractivity contribution >= 4 is 5.91 Å². The molecule has 1 aliphatic heterocycles. The highest BCUT2D eigenvalue weighted by Gasteiger charge is 2.32. The number of carbonyl (C=O) groups excluding carboxylic acids is 1. The van der Waals surface area contributed by atoms with Crippen molar-refractivity contribution in [3.8, 4) is 11.6 Å².